The van der Waals surface area contributed by atoms with E-state index in [-0.39, 0.29) is 29.2 Å². The first-order valence-corrected chi connectivity index (χ1v) is 21.0. The molecule has 56 heavy (non-hydrogen) atoms. The number of aromatic nitrogens is 4. The molecule has 0 radical (unpaired) electrons. The summed E-state index contributed by atoms with van der Waals surface area (Å²) in [7, 11) is -1.72. The average Bonchev–Trinajstić information content (AvgIpc) is 3.98. The van der Waals surface area contributed by atoms with Gasteiger partial charge in [-0.05, 0) is 72.9 Å². The Morgan fingerprint density at radius 2 is 1.00 bits per heavy atom. The van der Waals surface area contributed by atoms with Gasteiger partial charge >= 0.3 is 14.2 Å². The van der Waals surface area contributed by atoms with Gasteiger partial charge in [0.2, 0.25) is 0 Å². The number of nitrogens with zero attached hydrogens (tertiary/aromatic N) is 2. The van der Waals surface area contributed by atoms with Gasteiger partial charge in [0.05, 0.1) is 35.0 Å². The van der Waals surface area contributed by atoms with Crippen molar-refractivity contribution in [1.29, 1.82) is 0 Å². The van der Waals surface area contributed by atoms with Gasteiger partial charge in [0.1, 0.15) is 11.6 Å². The number of H-pyrrole nitrogens is 2. The number of rotatable bonds is 8. The van der Waals surface area contributed by atoms with Crippen LogP contribution in [0.1, 0.15) is 107 Å². The molecule has 4 aromatic heterocycles. The Balaban J connectivity index is 0.000000194. The van der Waals surface area contributed by atoms with Crippen LogP contribution in [-0.2, 0) is 9.31 Å². The Bertz CT molecular complexity index is 2210. The summed E-state index contributed by atoms with van der Waals surface area (Å²) < 4.78 is 14.1. The fourth-order valence-corrected chi connectivity index (χ4v) is 7.95. The van der Waals surface area contributed by atoms with Gasteiger partial charge in [-0.25, -0.2) is 9.97 Å². The van der Waals surface area contributed by atoms with Crippen molar-refractivity contribution in [2.24, 2.45) is 10.8 Å². The van der Waals surface area contributed by atoms with Crippen molar-refractivity contribution < 1.29 is 19.4 Å². The van der Waals surface area contributed by atoms with E-state index in [0.717, 1.165) is 49.4 Å². The van der Waals surface area contributed by atoms with Crippen molar-refractivity contribution in [1.82, 2.24) is 19.9 Å². The van der Waals surface area contributed by atoms with Crippen LogP contribution in [0.25, 0.3) is 43.4 Å². The fraction of sp³-hybridized carbons (Fsp3) is 0.409. The monoisotopic (exact) mass is 790 g/mol. The fourth-order valence-electron chi connectivity index (χ4n) is 6.10. The lowest BCUT2D eigenvalue weighted by Gasteiger charge is -2.32. The zero-order valence-corrected chi connectivity index (χ0v) is 36.4. The maximum atomic E-state index is 9.24. The third-order valence-electron chi connectivity index (χ3n) is 11.6. The molecule has 0 amide bonds. The van der Waals surface area contributed by atoms with E-state index >= 15 is 0 Å². The third-order valence-corrected chi connectivity index (χ3v) is 13.9. The number of benzene rings is 2. The maximum Gasteiger partial charge on any atom is 0.505 e. The molecule has 1 saturated heterocycles. The smallest absolute Gasteiger partial charge is 0.423 e. The summed E-state index contributed by atoms with van der Waals surface area (Å²) >= 11 is 3.11. The predicted octanol–water partition coefficient (Wildman–Crippen LogP) is 9.89. The molecule has 1 aliphatic heterocycles. The molecule has 1 fully saturated rings. The van der Waals surface area contributed by atoms with Gasteiger partial charge in [0, 0.05) is 31.1 Å². The van der Waals surface area contributed by atoms with Crippen molar-refractivity contribution in [3.05, 3.63) is 96.8 Å². The molecular formula is C44H56B2N4O4S2. The maximum absolute atomic E-state index is 9.24. The van der Waals surface area contributed by atoms with Gasteiger partial charge in [-0.1, -0.05) is 116 Å². The third kappa shape index (κ3) is 9.17. The molecule has 0 saturated carbocycles. The summed E-state index contributed by atoms with van der Waals surface area (Å²) in [5.74, 6) is 2.75. The van der Waals surface area contributed by atoms with Crippen molar-refractivity contribution in [3.8, 4) is 43.4 Å². The van der Waals surface area contributed by atoms with E-state index in [1.165, 1.54) is 21.8 Å². The van der Waals surface area contributed by atoms with Crippen LogP contribution in [0, 0.1) is 10.8 Å². The molecule has 0 aliphatic carbocycles. The first kappa shape index (κ1) is 41.9. The number of nitrogens with one attached hydrogen (secondary N) is 2. The standard InChI is InChI=1S/C25H33BN2O2S.C19H23BN2O2S/c1-16(23(2,3)4)22-27-15-19(28-22)17-9-11-18(12-10-17)20-13-14-21(31-20)26-29-24(5,6)25(7,8)30-26;1-12(19(2,3)4)18-21-11-15(22-18)13-5-7-14(8-6-13)16-9-10-17(25-16)20(23)24/h9-16H,1-8H3,(H,27,28);5-12,23-24H,1-4H3,(H,21,22)/t16-;12-/m11/s1. The van der Waals surface area contributed by atoms with Crippen LogP contribution in [0.3, 0.4) is 0 Å². The molecule has 0 spiro atoms. The van der Waals surface area contributed by atoms with Crippen molar-refractivity contribution in [2.45, 2.75) is 106 Å². The molecule has 294 valence electrons. The Hall–Kier alpha value is -3.77. The highest BCUT2D eigenvalue weighted by atomic mass is 32.1. The molecule has 2 atom stereocenters. The number of hydrogen-bond acceptors (Lipinski definition) is 8. The molecule has 2 aromatic carbocycles. The Kier molecular flexibility index (Phi) is 11.9. The van der Waals surface area contributed by atoms with Gasteiger partial charge in [0.15, 0.2) is 0 Å². The van der Waals surface area contributed by atoms with Crippen molar-refractivity contribution >= 4 is 46.5 Å². The highest BCUT2D eigenvalue weighted by molar-refractivity contribution is 7.25. The summed E-state index contributed by atoms with van der Waals surface area (Å²) in [6, 6.07) is 24.8. The van der Waals surface area contributed by atoms with E-state index < -0.39 is 7.12 Å². The van der Waals surface area contributed by atoms with Gasteiger partial charge in [-0.2, -0.15) is 0 Å². The quantitative estimate of drug-likeness (QED) is 0.114. The average molecular weight is 791 g/mol. The van der Waals surface area contributed by atoms with E-state index in [0.29, 0.717) is 16.6 Å². The summed E-state index contributed by atoms with van der Waals surface area (Å²) in [5, 5.41) is 18.5. The molecule has 4 N–H and O–H groups in total. The molecule has 12 heteroatoms. The minimum Gasteiger partial charge on any atom is -0.423 e. The number of thiophene rings is 2. The lowest BCUT2D eigenvalue weighted by molar-refractivity contribution is 0.00578. The number of imidazole rings is 2. The van der Waals surface area contributed by atoms with Crippen molar-refractivity contribution in [3.63, 3.8) is 0 Å². The van der Waals surface area contributed by atoms with Crippen LogP contribution < -0.4 is 9.55 Å². The van der Waals surface area contributed by atoms with Crippen LogP contribution in [0.2, 0.25) is 0 Å². The Morgan fingerprint density at radius 1 is 0.607 bits per heavy atom. The molecule has 8 nitrogen and oxygen atoms in total. The second-order valence-electron chi connectivity index (χ2n) is 18.1. The summed E-state index contributed by atoms with van der Waals surface area (Å²) in [4.78, 5) is 18.4. The summed E-state index contributed by atoms with van der Waals surface area (Å²) in [6.07, 6.45) is 3.83. The van der Waals surface area contributed by atoms with Crippen LogP contribution in [0.5, 0.6) is 0 Å². The predicted molar refractivity (Wildman–Crippen MR) is 236 cm³/mol. The lowest BCUT2D eigenvalue weighted by Crippen LogP contribution is -2.41. The highest BCUT2D eigenvalue weighted by Gasteiger charge is 2.52. The Morgan fingerprint density at radius 3 is 1.39 bits per heavy atom. The van der Waals surface area contributed by atoms with Gasteiger partial charge in [-0.3, -0.25) is 0 Å². The molecule has 7 rings (SSSR count). The van der Waals surface area contributed by atoms with Crippen LogP contribution in [-0.4, -0.2) is 55.4 Å². The summed E-state index contributed by atoms with van der Waals surface area (Å²) in [6.45, 7) is 26.1. The number of aromatic amines is 2. The van der Waals surface area contributed by atoms with Crippen LogP contribution in [0.4, 0.5) is 0 Å². The molecule has 1 aliphatic rings. The molecule has 0 unspecified atom stereocenters. The molecule has 0 bridgehead atoms. The zero-order valence-electron chi connectivity index (χ0n) is 34.8. The minimum absolute atomic E-state index is 0.160. The largest absolute Gasteiger partial charge is 0.505 e. The first-order chi connectivity index (χ1) is 26.1. The van der Waals surface area contributed by atoms with Gasteiger partial charge in [0.25, 0.3) is 0 Å². The van der Waals surface area contributed by atoms with E-state index in [1.54, 1.807) is 17.4 Å². The highest BCUT2D eigenvalue weighted by Crippen LogP contribution is 2.39. The van der Waals surface area contributed by atoms with E-state index in [9.17, 15) is 10.0 Å². The van der Waals surface area contributed by atoms with Crippen molar-refractivity contribution in [2.75, 3.05) is 0 Å². The first-order valence-electron chi connectivity index (χ1n) is 19.4. The minimum atomic E-state index is -1.41. The summed E-state index contributed by atoms with van der Waals surface area (Å²) in [5.41, 5.74) is 6.24. The zero-order chi connectivity index (χ0) is 40.8. The molecule has 5 heterocycles. The van der Waals surface area contributed by atoms with Gasteiger partial charge < -0.3 is 29.3 Å². The Labute approximate surface area is 341 Å². The van der Waals surface area contributed by atoms with Gasteiger partial charge in [-0.15, -0.1) is 22.7 Å². The molecule has 6 aromatic rings. The van der Waals surface area contributed by atoms with E-state index in [2.05, 4.69) is 152 Å². The van der Waals surface area contributed by atoms with Crippen LogP contribution >= 0.6 is 22.7 Å². The SMILES string of the molecule is C[C@H](c1ncc(-c2ccc(-c3ccc(B(O)O)s3)cc2)[nH]1)C(C)(C)C.C[C@H](c1ncc(-c2ccc(-c3ccc(B4OC(C)(C)C(C)(C)O4)s3)cc2)[nH]1)C(C)(C)C. The second kappa shape index (κ2) is 15.9. The number of hydrogen-bond donors (Lipinski definition) is 4. The molecular weight excluding hydrogens is 734 g/mol. The van der Waals surface area contributed by atoms with E-state index in [4.69, 9.17) is 9.31 Å². The second-order valence-corrected chi connectivity index (χ2v) is 20.3. The topological polar surface area (TPSA) is 116 Å². The lowest BCUT2D eigenvalue weighted by atomic mass is 9.82. The normalized spacial score (nSPS) is 16.4. The van der Waals surface area contributed by atoms with Crippen LogP contribution in [0.15, 0.2) is 85.2 Å². The van der Waals surface area contributed by atoms with E-state index in [1.807, 2.05) is 30.6 Å².